The predicted octanol–water partition coefficient (Wildman–Crippen LogP) is 3.70. The third-order valence-electron chi connectivity index (χ3n) is 8.82. The highest BCUT2D eigenvalue weighted by Gasteiger charge is 2.49. The van der Waals surface area contributed by atoms with E-state index in [0.29, 0.717) is 74.9 Å². The molecule has 3 aromatic carbocycles. The molecule has 2 heterocycles. The van der Waals surface area contributed by atoms with E-state index < -0.39 is 17.4 Å². The third-order valence-corrected chi connectivity index (χ3v) is 10.1. The van der Waals surface area contributed by atoms with E-state index in [0.717, 1.165) is 18.4 Å². The molecule has 2 aliphatic rings. The molecule has 1 aliphatic carbocycles. The van der Waals surface area contributed by atoms with E-state index in [1.807, 2.05) is 50.4 Å². The molecule has 11 heteroatoms. The van der Waals surface area contributed by atoms with Gasteiger partial charge in [-0.25, -0.2) is 0 Å². The highest BCUT2D eigenvalue weighted by atomic mass is 32.1. The summed E-state index contributed by atoms with van der Waals surface area (Å²) < 4.78 is 6.67. The molecule has 0 bridgehead atoms. The minimum absolute atomic E-state index is 0.0551. The molecule has 0 spiro atoms. The van der Waals surface area contributed by atoms with Crippen LogP contribution in [0.3, 0.4) is 0 Å². The smallest absolute Gasteiger partial charge is 0.262 e. The fraction of sp³-hybridized carbons (Fsp3) is 0.324. The number of thiophene rings is 1. The van der Waals surface area contributed by atoms with Gasteiger partial charge in [0.2, 0.25) is 5.91 Å². The first-order valence-electron chi connectivity index (χ1n) is 15.1. The third kappa shape index (κ3) is 5.46. The van der Waals surface area contributed by atoms with Crippen molar-refractivity contribution in [2.45, 2.75) is 43.8 Å². The van der Waals surface area contributed by atoms with Crippen LogP contribution >= 0.6 is 11.3 Å². The number of likely N-dealkylation sites (tertiary alicyclic amines) is 1. The number of nitrogens with one attached hydrogen (secondary N) is 2. The summed E-state index contributed by atoms with van der Waals surface area (Å²) in [6.07, 6.45) is 1.93. The number of ether oxygens (including phenoxy) is 1. The maximum atomic E-state index is 14.2. The Morgan fingerprint density at radius 3 is 2.58 bits per heavy atom. The number of anilines is 1. The second kappa shape index (κ2) is 12.2. The van der Waals surface area contributed by atoms with E-state index in [4.69, 9.17) is 21.9 Å². The van der Waals surface area contributed by atoms with Crippen LogP contribution in [-0.4, -0.2) is 55.2 Å². The lowest BCUT2D eigenvalue weighted by atomic mass is 9.69. The lowest BCUT2D eigenvalue weighted by molar-refractivity contribution is -0.132. The summed E-state index contributed by atoms with van der Waals surface area (Å²) in [5, 5.41) is 6.76. The van der Waals surface area contributed by atoms with Gasteiger partial charge in [0, 0.05) is 48.7 Å². The van der Waals surface area contributed by atoms with E-state index in [1.165, 1.54) is 11.3 Å². The van der Waals surface area contributed by atoms with Crippen LogP contribution in [-0.2, 0) is 15.1 Å². The molecule has 234 valence electrons. The van der Waals surface area contributed by atoms with Crippen molar-refractivity contribution in [3.8, 4) is 11.5 Å². The van der Waals surface area contributed by atoms with E-state index >= 15 is 0 Å². The molecule has 1 aliphatic heterocycles. The molecule has 4 aromatic rings. The fourth-order valence-corrected chi connectivity index (χ4v) is 7.76. The molecule has 45 heavy (non-hydrogen) atoms. The standard InChI is InChI=1S/C34H38N6O4S/c1-19-17-22(44-21-8-4-3-5-9-21)10-11-23(19)34(37)24-12-13-25(35)30-27(24)28(29(36)32(34)42)31(45-30)33(43)39-20-7-6-16-40(18-20)26(41)14-15-38-2/h3-5,8-13,17,20,29,38H,6-7,14-16,18,35-37H2,1-2H3,(H,39,43). The number of nitrogens with zero attached hydrogens (tertiary/aromatic N) is 1. The van der Waals surface area contributed by atoms with Crippen molar-refractivity contribution >= 4 is 44.7 Å². The molecule has 2 amide bonds. The zero-order chi connectivity index (χ0) is 31.9. The van der Waals surface area contributed by atoms with Gasteiger partial charge in [0.1, 0.15) is 17.0 Å². The van der Waals surface area contributed by atoms with Crippen molar-refractivity contribution in [2.24, 2.45) is 11.5 Å². The number of ketones is 1. The summed E-state index contributed by atoms with van der Waals surface area (Å²) in [5.41, 5.74) is 21.5. The number of nitrogens with two attached hydrogens (primary N) is 3. The molecule has 1 fully saturated rings. The van der Waals surface area contributed by atoms with Gasteiger partial charge in [0.25, 0.3) is 5.91 Å². The van der Waals surface area contributed by atoms with Crippen LogP contribution in [0.1, 0.15) is 57.2 Å². The monoisotopic (exact) mass is 626 g/mol. The summed E-state index contributed by atoms with van der Waals surface area (Å²) in [5.74, 6) is 0.615. The molecule has 3 atom stereocenters. The Morgan fingerprint density at radius 2 is 1.84 bits per heavy atom. The Balaban J connectivity index is 1.34. The summed E-state index contributed by atoms with van der Waals surface area (Å²) in [6, 6.07) is 17.0. The summed E-state index contributed by atoms with van der Waals surface area (Å²) in [4.78, 5) is 42.8. The molecule has 1 saturated heterocycles. The van der Waals surface area contributed by atoms with E-state index in [9.17, 15) is 14.4 Å². The number of para-hydroxylation sites is 1. The number of piperidine rings is 1. The van der Waals surface area contributed by atoms with Gasteiger partial charge in [-0.15, -0.1) is 11.3 Å². The number of carbonyl (C=O) groups excluding carboxylic acids is 3. The molecule has 0 saturated carbocycles. The average molecular weight is 627 g/mol. The number of hydrogen-bond donors (Lipinski definition) is 5. The molecule has 8 N–H and O–H groups in total. The predicted molar refractivity (Wildman–Crippen MR) is 176 cm³/mol. The van der Waals surface area contributed by atoms with Crippen molar-refractivity contribution in [1.29, 1.82) is 0 Å². The topological polar surface area (TPSA) is 166 Å². The minimum Gasteiger partial charge on any atom is -0.457 e. The molecule has 0 radical (unpaired) electrons. The van der Waals surface area contributed by atoms with Crippen molar-refractivity contribution in [3.05, 3.63) is 87.8 Å². The number of amides is 2. The molecule has 6 rings (SSSR count). The zero-order valence-corrected chi connectivity index (χ0v) is 26.2. The summed E-state index contributed by atoms with van der Waals surface area (Å²) in [7, 11) is 1.81. The van der Waals surface area contributed by atoms with Crippen LogP contribution in [0.4, 0.5) is 5.69 Å². The summed E-state index contributed by atoms with van der Waals surface area (Å²) >= 11 is 1.22. The number of hydrogen-bond acceptors (Lipinski definition) is 9. The molecular formula is C34H38N6O4S. The van der Waals surface area contributed by atoms with E-state index in [2.05, 4.69) is 10.6 Å². The SMILES string of the molecule is CNCCC(=O)N1CCCC(NC(=O)c2sc3c(N)ccc4c3c2C(N)C(=O)C4(N)c2ccc(Oc3ccccc3)cc2C)C1. The van der Waals surface area contributed by atoms with Gasteiger partial charge in [-0.3, -0.25) is 14.4 Å². The van der Waals surface area contributed by atoms with Crippen LogP contribution in [0.15, 0.2) is 60.7 Å². The van der Waals surface area contributed by atoms with Gasteiger partial charge in [0.05, 0.1) is 15.6 Å². The van der Waals surface area contributed by atoms with Crippen LogP contribution in [0.2, 0.25) is 0 Å². The fourth-order valence-electron chi connectivity index (χ4n) is 6.56. The highest BCUT2D eigenvalue weighted by Crippen LogP contribution is 2.50. The van der Waals surface area contributed by atoms with Crippen molar-refractivity contribution in [3.63, 3.8) is 0 Å². The van der Waals surface area contributed by atoms with Gasteiger partial charge in [-0.05, 0) is 73.8 Å². The van der Waals surface area contributed by atoms with Crippen LogP contribution in [0.5, 0.6) is 11.5 Å². The lowest BCUT2D eigenvalue weighted by Gasteiger charge is -2.37. The van der Waals surface area contributed by atoms with Crippen molar-refractivity contribution in [1.82, 2.24) is 15.5 Å². The Bertz CT molecular complexity index is 1790. The maximum absolute atomic E-state index is 14.2. The maximum Gasteiger partial charge on any atom is 0.262 e. The van der Waals surface area contributed by atoms with Gasteiger partial charge in [-0.1, -0.05) is 30.3 Å². The van der Waals surface area contributed by atoms with Crippen LogP contribution in [0, 0.1) is 6.92 Å². The first-order valence-corrected chi connectivity index (χ1v) is 16.0. The Morgan fingerprint density at radius 1 is 1.09 bits per heavy atom. The average Bonchev–Trinajstić information content (AvgIpc) is 3.45. The Kier molecular flexibility index (Phi) is 8.36. The molecule has 3 unspecified atom stereocenters. The van der Waals surface area contributed by atoms with Gasteiger partial charge >= 0.3 is 0 Å². The normalized spacial score (nSPS) is 21.2. The summed E-state index contributed by atoms with van der Waals surface area (Å²) in [6.45, 7) is 3.58. The quantitative estimate of drug-likeness (QED) is 0.185. The zero-order valence-electron chi connectivity index (χ0n) is 25.4. The largest absolute Gasteiger partial charge is 0.457 e. The van der Waals surface area contributed by atoms with E-state index in [-0.39, 0.29) is 17.9 Å². The van der Waals surface area contributed by atoms with E-state index in [1.54, 1.807) is 29.2 Å². The second-order valence-electron chi connectivity index (χ2n) is 11.8. The van der Waals surface area contributed by atoms with Gasteiger partial charge in [-0.2, -0.15) is 0 Å². The highest BCUT2D eigenvalue weighted by molar-refractivity contribution is 7.21. The number of aryl methyl sites for hydroxylation is 1. The number of Topliss-reactive ketones (excluding diaryl/α,β-unsaturated/α-hetero) is 1. The number of rotatable bonds is 8. The minimum atomic E-state index is -1.57. The van der Waals surface area contributed by atoms with Gasteiger partial charge < -0.3 is 37.5 Å². The first-order chi connectivity index (χ1) is 21.6. The lowest BCUT2D eigenvalue weighted by Crippen LogP contribution is -2.53. The number of carbonyl (C=O) groups is 3. The first kappa shape index (κ1) is 30.7. The molecule has 1 aromatic heterocycles. The van der Waals surface area contributed by atoms with Crippen LogP contribution in [0.25, 0.3) is 10.1 Å². The van der Waals surface area contributed by atoms with Crippen molar-refractivity contribution in [2.75, 3.05) is 32.4 Å². The molecular weight excluding hydrogens is 588 g/mol. The second-order valence-corrected chi connectivity index (χ2v) is 12.8. The number of benzene rings is 3. The van der Waals surface area contributed by atoms with Crippen molar-refractivity contribution < 1.29 is 19.1 Å². The van der Waals surface area contributed by atoms with Gasteiger partial charge in [0.15, 0.2) is 5.78 Å². The Hall–Kier alpha value is -4.29. The molecule has 10 nitrogen and oxygen atoms in total. The number of nitrogen functional groups attached to an aromatic ring is 1. The Labute approximate surface area is 265 Å². The van der Waals surface area contributed by atoms with Crippen LogP contribution < -0.4 is 32.6 Å².